The van der Waals surface area contributed by atoms with Crippen LogP contribution in [0.15, 0.2) is 29.6 Å². The van der Waals surface area contributed by atoms with Crippen LogP contribution in [0, 0.1) is 5.92 Å². The molecule has 2 fully saturated rings. The minimum atomic E-state index is -0.855. The Morgan fingerprint density at radius 3 is 2.26 bits per heavy atom. The smallest absolute Gasteiger partial charge is 0.410 e. The molecule has 2 N–H and O–H groups in total. The molecule has 1 aliphatic carbocycles. The second-order valence-corrected chi connectivity index (χ2v) is 17.7. The van der Waals surface area contributed by atoms with Crippen molar-refractivity contribution < 1.29 is 47.7 Å². The summed E-state index contributed by atoms with van der Waals surface area (Å²) < 4.78 is 27.5. The lowest BCUT2D eigenvalue weighted by molar-refractivity contribution is -0.140. The zero-order chi connectivity index (χ0) is 42.5. The van der Waals surface area contributed by atoms with Crippen molar-refractivity contribution in [2.45, 2.75) is 123 Å². The van der Waals surface area contributed by atoms with Crippen LogP contribution in [-0.4, -0.2) is 121 Å². The van der Waals surface area contributed by atoms with Crippen molar-refractivity contribution in [2.24, 2.45) is 5.92 Å². The number of amides is 4. The van der Waals surface area contributed by atoms with E-state index in [4.69, 9.17) is 28.7 Å². The van der Waals surface area contributed by atoms with Gasteiger partial charge in [0.25, 0.3) is 0 Å². The number of alkyl carbamates (subject to hydrolysis) is 1. The van der Waals surface area contributed by atoms with Crippen LogP contribution in [0.3, 0.4) is 0 Å². The van der Waals surface area contributed by atoms with Crippen LogP contribution in [0.4, 0.5) is 9.59 Å². The second kappa shape index (κ2) is 21.6. The van der Waals surface area contributed by atoms with Crippen molar-refractivity contribution in [3.05, 3.63) is 45.9 Å². The van der Waals surface area contributed by atoms with Crippen LogP contribution >= 0.6 is 11.3 Å². The summed E-state index contributed by atoms with van der Waals surface area (Å²) in [6.45, 7) is 14.8. The maximum absolute atomic E-state index is 14.4. The first-order chi connectivity index (χ1) is 27.4. The highest BCUT2D eigenvalue weighted by atomic mass is 32.1. The summed E-state index contributed by atoms with van der Waals surface area (Å²) in [5.74, 6) is -0.341. The molecule has 16 heteroatoms. The molecule has 58 heavy (non-hydrogen) atoms. The Morgan fingerprint density at radius 1 is 0.897 bits per heavy atom. The molecule has 1 saturated carbocycles. The largest absolute Gasteiger partial charge is 0.491 e. The molecule has 2 aromatic rings. The van der Waals surface area contributed by atoms with Gasteiger partial charge in [0, 0.05) is 31.1 Å². The van der Waals surface area contributed by atoms with Gasteiger partial charge in [-0.05, 0) is 92.2 Å². The number of likely N-dealkylation sites (tertiary alicyclic amines) is 1. The van der Waals surface area contributed by atoms with Crippen molar-refractivity contribution >= 4 is 41.1 Å². The minimum Gasteiger partial charge on any atom is -0.491 e. The third-order valence-electron chi connectivity index (χ3n) is 9.78. The van der Waals surface area contributed by atoms with Crippen LogP contribution < -0.4 is 15.4 Å². The van der Waals surface area contributed by atoms with E-state index in [9.17, 15) is 24.0 Å². The number of aromatic nitrogens is 1. The maximum atomic E-state index is 14.4. The molecule has 1 aromatic carbocycles. The van der Waals surface area contributed by atoms with E-state index in [0.717, 1.165) is 38.5 Å². The van der Waals surface area contributed by atoms with E-state index >= 15 is 0 Å². The van der Waals surface area contributed by atoms with E-state index < -0.39 is 41.4 Å². The molecule has 0 spiro atoms. The summed E-state index contributed by atoms with van der Waals surface area (Å²) in [5, 5.41) is 8.07. The zero-order valence-electron chi connectivity index (χ0n) is 35.4. The zero-order valence-corrected chi connectivity index (χ0v) is 36.2. The normalized spacial score (nSPS) is 17.2. The Balaban J connectivity index is 1.29. The molecular formula is C42H63N5O10S. The molecular weight excluding hydrogens is 767 g/mol. The van der Waals surface area contributed by atoms with E-state index in [0.29, 0.717) is 62.3 Å². The SMILES string of the molecule is C[C@@H](C(=O)N[C@H](C(=O)N1CCC[C@@H]1c1nc(C(=O)c2cccc(OCCOCCOCCNC(=O)OC(C)(C)C)c2)cs1)C1CCCCC1)N(C)C(=O)OC(C)(C)C. The molecule has 0 unspecified atom stereocenters. The van der Waals surface area contributed by atoms with Gasteiger partial charge in [-0.15, -0.1) is 11.3 Å². The van der Waals surface area contributed by atoms with Gasteiger partial charge in [-0.1, -0.05) is 31.4 Å². The number of ether oxygens (including phenoxy) is 5. The molecule has 4 rings (SSSR count). The van der Waals surface area contributed by atoms with E-state index in [1.54, 1.807) is 78.1 Å². The van der Waals surface area contributed by atoms with Crippen molar-refractivity contribution in [1.29, 1.82) is 0 Å². The van der Waals surface area contributed by atoms with Crippen LogP contribution in [0.5, 0.6) is 5.75 Å². The summed E-state index contributed by atoms with van der Waals surface area (Å²) in [7, 11) is 1.52. The average molecular weight is 830 g/mol. The fraction of sp³-hybridized carbons (Fsp3) is 0.667. The first-order valence-electron chi connectivity index (χ1n) is 20.4. The lowest BCUT2D eigenvalue weighted by Gasteiger charge is -2.36. The van der Waals surface area contributed by atoms with Gasteiger partial charge in [0.2, 0.25) is 17.6 Å². The number of likely N-dealkylation sites (N-methyl/N-ethyl adjacent to an activating group) is 1. The molecule has 2 aliphatic rings. The average Bonchev–Trinajstić information content (AvgIpc) is 3.86. The maximum Gasteiger partial charge on any atom is 0.410 e. The monoisotopic (exact) mass is 829 g/mol. The molecule has 2 heterocycles. The van der Waals surface area contributed by atoms with Crippen LogP contribution in [0.1, 0.15) is 121 Å². The van der Waals surface area contributed by atoms with Crippen molar-refractivity contribution in [3.63, 3.8) is 0 Å². The summed E-state index contributed by atoms with van der Waals surface area (Å²) in [4.78, 5) is 73.8. The minimum absolute atomic E-state index is 0.0275. The van der Waals surface area contributed by atoms with Gasteiger partial charge in [-0.25, -0.2) is 14.6 Å². The Hall–Kier alpha value is -4.28. The highest BCUT2D eigenvalue weighted by Gasteiger charge is 2.41. The fourth-order valence-electron chi connectivity index (χ4n) is 6.76. The molecule has 1 aromatic heterocycles. The van der Waals surface area contributed by atoms with E-state index in [2.05, 4.69) is 10.6 Å². The molecule has 1 aliphatic heterocycles. The highest BCUT2D eigenvalue weighted by Crippen LogP contribution is 2.37. The number of carbonyl (C=O) groups is 5. The van der Waals surface area contributed by atoms with Crippen LogP contribution in [0.25, 0.3) is 0 Å². The lowest BCUT2D eigenvalue weighted by Crippen LogP contribution is -2.56. The van der Waals surface area contributed by atoms with E-state index in [-0.39, 0.29) is 36.0 Å². The van der Waals surface area contributed by atoms with Gasteiger partial charge in [0.1, 0.15) is 46.3 Å². The molecule has 0 bridgehead atoms. The molecule has 15 nitrogen and oxygen atoms in total. The van der Waals surface area contributed by atoms with Gasteiger partial charge in [-0.3, -0.25) is 19.3 Å². The topological polar surface area (TPSA) is 175 Å². The molecule has 0 radical (unpaired) electrons. The molecule has 4 amide bonds. The number of thiazole rings is 1. The Morgan fingerprint density at radius 2 is 1.57 bits per heavy atom. The number of nitrogens with zero attached hydrogens (tertiary/aromatic N) is 3. The third kappa shape index (κ3) is 14.5. The number of hydrogen-bond donors (Lipinski definition) is 2. The standard InChI is InChI=1S/C42H63N5O10S/c1-28(46(8)40(52)57-42(5,6)7)36(49)45-34(29-14-10-9-11-15-29)38(50)47-20-13-18-33(47)37-44-32(27-58-37)35(48)30-16-12-17-31(26-30)55-25-24-54-23-22-53-21-19-43-39(51)56-41(2,3)4/h12,16-17,26-29,33-34H,9-11,13-15,18-25H2,1-8H3,(H,43,51)(H,45,49)/t28-,33+,34-/m0/s1. The van der Waals surface area contributed by atoms with Gasteiger partial charge in [0.05, 0.1) is 32.5 Å². The van der Waals surface area contributed by atoms with E-state index in [1.165, 1.54) is 23.3 Å². The van der Waals surface area contributed by atoms with Gasteiger partial charge < -0.3 is 39.2 Å². The van der Waals surface area contributed by atoms with Crippen molar-refractivity contribution in [2.75, 3.05) is 53.2 Å². The fourth-order valence-corrected chi connectivity index (χ4v) is 7.70. The number of rotatable bonds is 18. The van der Waals surface area contributed by atoms with E-state index in [1.807, 2.05) is 4.90 Å². The molecule has 322 valence electrons. The lowest BCUT2D eigenvalue weighted by atomic mass is 9.83. The third-order valence-corrected chi connectivity index (χ3v) is 10.7. The Labute approximate surface area is 346 Å². The first kappa shape index (κ1) is 46.4. The number of benzene rings is 1. The number of carbonyl (C=O) groups excluding carboxylic acids is 5. The van der Waals surface area contributed by atoms with Crippen molar-refractivity contribution in [1.82, 2.24) is 25.4 Å². The summed E-state index contributed by atoms with van der Waals surface area (Å²) >= 11 is 1.35. The Kier molecular flexibility index (Phi) is 17.3. The first-order valence-corrected chi connectivity index (χ1v) is 21.2. The molecule has 3 atom stereocenters. The Bertz CT molecular complexity index is 1680. The highest BCUT2D eigenvalue weighted by molar-refractivity contribution is 7.10. The van der Waals surface area contributed by atoms with Crippen LogP contribution in [-0.2, 0) is 28.5 Å². The van der Waals surface area contributed by atoms with Gasteiger partial charge >= 0.3 is 12.2 Å². The quantitative estimate of drug-likeness (QED) is 0.128. The van der Waals surface area contributed by atoms with Gasteiger partial charge in [-0.2, -0.15) is 0 Å². The predicted octanol–water partition coefficient (Wildman–Crippen LogP) is 6.29. The number of hydrogen-bond acceptors (Lipinski definition) is 12. The summed E-state index contributed by atoms with van der Waals surface area (Å²) in [6, 6.07) is 4.98. The van der Waals surface area contributed by atoms with Crippen LogP contribution in [0.2, 0.25) is 0 Å². The van der Waals surface area contributed by atoms with Gasteiger partial charge in [0.15, 0.2) is 0 Å². The second-order valence-electron chi connectivity index (χ2n) is 16.8. The number of ketones is 1. The number of nitrogens with one attached hydrogen (secondary N) is 2. The predicted molar refractivity (Wildman–Crippen MR) is 219 cm³/mol. The summed E-state index contributed by atoms with van der Waals surface area (Å²) in [5.41, 5.74) is -0.557. The summed E-state index contributed by atoms with van der Waals surface area (Å²) in [6.07, 6.45) is 5.06. The van der Waals surface area contributed by atoms with Crippen molar-refractivity contribution in [3.8, 4) is 5.75 Å². The molecule has 1 saturated heterocycles.